The molecule has 3 aromatic rings. The largest absolute Gasteiger partial charge is 0.507 e. The van der Waals surface area contributed by atoms with E-state index in [1.54, 1.807) is 19.9 Å². The molecular weight excluding hydrogens is 464 g/mol. The van der Waals surface area contributed by atoms with Crippen molar-refractivity contribution in [2.75, 3.05) is 11.5 Å². The van der Waals surface area contributed by atoms with Crippen molar-refractivity contribution in [1.29, 1.82) is 0 Å². The van der Waals surface area contributed by atoms with Crippen LogP contribution in [0.2, 0.25) is 0 Å². The third-order valence-corrected chi connectivity index (χ3v) is 7.07. The summed E-state index contributed by atoms with van der Waals surface area (Å²) < 4.78 is 5.11. The highest BCUT2D eigenvalue weighted by molar-refractivity contribution is 7.17. The van der Waals surface area contributed by atoms with Crippen molar-refractivity contribution in [3.05, 3.63) is 86.4 Å². The molecule has 1 aliphatic heterocycles. The lowest BCUT2D eigenvalue weighted by molar-refractivity contribution is -0.132. The van der Waals surface area contributed by atoms with E-state index >= 15 is 0 Å². The molecule has 1 unspecified atom stereocenters. The van der Waals surface area contributed by atoms with Gasteiger partial charge in [-0.25, -0.2) is 9.78 Å². The maximum atomic E-state index is 13.4. The molecule has 1 amide bonds. The van der Waals surface area contributed by atoms with Gasteiger partial charge in [0.25, 0.3) is 5.78 Å². The van der Waals surface area contributed by atoms with Gasteiger partial charge in [-0.05, 0) is 51.8 Å². The van der Waals surface area contributed by atoms with Crippen LogP contribution in [0, 0.1) is 27.7 Å². The maximum absolute atomic E-state index is 13.4. The highest BCUT2D eigenvalue weighted by Gasteiger charge is 2.48. The van der Waals surface area contributed by atoms with Crippen molar-refractivity contribution in [2.45, 2.75) is 40.7 Å². The molecule has 180 valence electrons. The molecule has 1 aromatic heterocycles. The monoisotopic (exact) mass is 490 g/mol. The van der Waals surface area contributed by atoms with Crippen molar-refractivity contribution in [3.8, 4) is 0 Å². The first-order valence-electron chi connectivity index (χ1n) is 11.2. The van der Waals surface area contributed by atoms with Crippen LogP contribution in [0.15, 0.2) is 48.0 Å². The number of aryl methyl sites for hydroxylation is 4. The molecule has 1 N–H and O–H groups in total. The topological polar surface area (TPSA) is 96.8 Å². The van der Waals surface area contributed by atoms with Crippen molar-refractivity contribution in [3.63, 3.8) is 0 Å². The first kappa shape index (κ1) is 24.3. The summed E-state index contributed by atoms with van der Waals surface area (Å²) >= 11 is 0.990. The van der Waals surface area contributed by atoms with E-state index in [1.165, 1.54) is 4.90 Å². The summed E-state index contributed by atoms with van der Waals surface area (Å²) in [6.45, 7) is 9.23. The summed E-state index contributed by atoms with van der Waals surface area (Å²) in [5.74, 6) is -2.39. The van der Waals surface area contributed by atoms with E-state index in [1.807, 2.05) is 57.2 Å². The van der Waals surface area contributed by atoms with Gasteiger partial charge < -0.3 is 9.84 Å². The Kier molecular flexibility index (Phi) is 6.58. The predicted molar refractivity (Wildman–Crippen MR) is 135 cm³/mol. The number of carbonyl (C=O) groups is 3. The van der Waals surface area contributed by atoms with Crippen LogP contribution in [0.3, 0.4) is 0 Å². The van der Waals surface area contributed by atoms with E-state index in [-0.39, 0.29) is 27.9 Å². The molecule has 0 saturated carbocycles. The number of aromatic nitrogens is 1. The number of Topliss-reactive ketones (excluding diaryl/α,β-unsaturated/α-hetero) is 1. The number of aliphatic hydroxyl groups excluding tert-OH is 1. The van der Waals surface area contributed by atoms with E-state index in [4.69, 9.17) is 4.74 Å². The van der Waals surface area contributed by atoms with E-state index in [0.29, 0.717) is 16.8 Å². The molecule has 1 aliphatic rings. The molecule has 2 heterocycles. The Morgan fingerprint density at radius 2 is 1.71 bits per heavy atom. The Hall–Kier alpha value is -3.78. The number of amides is 1. The number of esters is 1. The number of carbonyl (C=O) groups excluding carboxylic acids is 3. The minimum Gasteiger partial charge on any atom is -0.507 e. The molecule has 0 spiro atoms. The highest BCUT2D eigenvalue weighted by Crippen LogP contribution is 2.44. The van der Waals surface area contributed by atoms with E-state index in [9.17, 15) is 19.5 Å². The zero-order chi connectivity index (χ0) is 25.4. The Labute approximate surface area is 207 Å². The SMILES string of the molecule is CCOC(=O)c1sc(N2C(=O)C(=O)/C(=C(/O)c3cc(C)ccc3C)C2c2ccc(C)cc2)nc1C. The molecule has 0 aliphatic carbocycles. The average Bonchev–Trinajstić information content (AvgIpc) is 3.33. The Morgan fingerprint density at radius 1 is 1.06 bits per heavy atom. The second-order valence-corrected chi connectivity index (χ2v) is 9.51. The number of aliphatic hydroxyl groups is 1. The Morgan fingerprint density at radius 3 is 2.37 bits per heavy atom. The molecule has 1 atom stereocenters. The van der Waals surface area contributed by atoms with Crippen molar-refractivity contribution < 1.29 is 24.2 Å². The maximum Gasteiger partial charge on any atom is 0.350 e. The fourth-order valence-electron chi connectivity index (χ4n) is 4.10. The van der Waals surface area contributed by atoms with Gasteiger partial charge >= 0.3 is 11.9 Å². The molecule has 0 bridgehead atoms. The summed E-state index contributed by atoms with van der Waals surface area (Å²) in [5.41, 5.74) is 4.22. The molecule has 2 aromatic carbocycles. The van der Waals surface area contributed by atoms with Crippen LogP contribution < -0.4 is 4.90 Å². The van der Waals surface area contributed by atoms with Crippen molar-refractivity contribution in [2.24, 2.45) is 0 Å². The minimum atomic E-state index is -0.906. The summed E-state index contributed by atoms with van der Waals surface area (Å²) in [4.78, 5) is 45.1. The molecule has 0 radical (unpaired) electrons. The third-order valence-electron chi connectivity index (χ3n) is 5.94. The van der Waals surface area contributed by atoms with E-state index in [2.05, 4.69) is 4.98 Å². The number of anilines is 1. The average molecular weight is 491 g/mol. The molecule has 35 heavy (non-hydrogen) atoms. The number of ether oxygens (including phenoxy) is 1. The molecule has 7 nitrogen and oxygen atoms in total. The van der Waals surface area contributed by atoms with Gasteiger partial charge in [0.1, 0.15) is 10.6 Å². The van der Waals surface area contributed by atoms with Crippen LogP contribution >= 0.6 is 11.3 Å². The summed E-state index contributed by atoms with van der Waals surface area (Å²) in [7, 11) is 0. The highest BCUT2D eigenvalue weighted by atomic mass is 32.1. The fraction of sp³-hybridized carbons (Fsp3) is 0.259. The summed E-state index contributed by atoms with van der Waals surface area (Å²) in [5, 5.41) is 11.6. The summed E-state index contributed by atoms with van der Waals surface area (Å²) in [6, 6.07) is 12.1. The van der Waals surface area contributed by atoms with Crippen LogP contribution in [0.25, 0.3) is 5.76 Å². The van der Waals surface area contributed by atoms with Crippen LogP contribution in [0.1, 0.15) is 56.1 Å². The van der Waals surface area contributed by atoms with Crippen LogP contribution in [-0.2, 0) is 14.3 Å². The van der Waals surface area contributed by atoms with Crippen LogP contribution in [0.4, 0.5) is 5.13 Å². The van der Waals surface area contributed by atoms with Gasteiger partial charge in [-0.1, -0.05) is 58.9 Å². The predicted octanol–water partition coefficient (Wildman–Crippen LogP) is 5.18. The molecule has 4 rings (SSSR count). The van der Waals surface area contributed by atoms with Gasteiger partial charge in [-0.3, -0.25) is 14.5 Å². The van der Waals surface area contributed by atoms with Gasteiger partial charge in [0.05, 0.1) is 23.9 Å². The second kappa shape index (κ2) is 9.46. The normalized spacial score (nSPS) is 17.2. The smallest absolute Gasteiger partial charge is 0.350 e. The van der Waals surface area contributed by atoms with E-state index < -0.39 is 23.7 Å². The zero-order valence-corrected chi connectivity index (χ0v) is 21.0. The standard InChI is InChI=1S/C27H26N2O5S/c1-6-34-26(33)24-17(5)28-27(35-24)29-21(18-11-8-14(2)9-12-18)20(23(31)25(29)32)22(30)19-13-15(3)7-10-16(19)4/h7-13,21,30H,6H2,1-5H3/b22-20+. The van der Waals surface area contributed by atoms with Gasteiger partial charge in [0.2, 0.25) is 0 Å². The first-order valence-corrected chi connectivity index (χ1v) is 12.1. The lowest BCUT2D eigenvalue weighted by Crippen LogP contribution is -2.29. The van der Waals surface area contributed by atoms with Crippen molar-refractivity contribution >= 4 is 39.9 Å². The van der Waals surface area contributed by atoms with Gasteiger partial charge in [-0.2, -0.15) is 0 Å². The van der Waals surface area contributed by atoms with Gasteiger partial charge in [0, 0.05) is 5.56 Å². The fourth-order valence-corrected chi connectivity index (χ4v) is 5.09. The van der Waals surface area contributed by atoms with Gasteiger partial charge in [0.15, 0.2) is 5.13 Å². The number of benzene rings is 2. The Bertz CT molecular complexity index is 1370. The molecule has 1 fully saturated rings. The lowest BCUT2D eigenvalue weighted by Gasteiger charge is -2.23. The number of thiazole rings is 1. The van der Waals surface area contributed by atoms with Gasteiger partial charge in [-0.15, -0.1) is 0 Å². The molecular formula is C27H26N2O5S. The van der Waals surface area contributed by atoms with Crippen molar-refractivity contribution in [1.82, 2.24) is 4.98 Å². The summed E-state index contributed by atoms with van der Waals surface area (Å²) in [6.07, 6.45) is 0. The number of hydrogen-bond acceptors (Lipinski definition) is 7. The number of ketones is 1. The molecule has 1 saturated heterocycles. The van der Waals surface area contributed by atoms with Crippen LogP contribution in [0.5, 0.6) is 0 Å². The third kappa shape index (κ3) is 4.37. The van der Waals surface area contributed by atoms with Crippen LogP contribution in [-0.4, -0.2) is 34.4 Å². The first-order chi connectivity index (χ1) is 16.6. The number of nitrogens with zero attached hydrogens (tertiary/aromatic N) is 2. The zero-order valence-electron chi connectivity index (χ0n) is 20.2. The minimum absolute atomic E-state index is 0.0157. The molecule has 8 heteroatoms. The lowest BCUT2D eigenvalue weighted by atomic mass is 9.93. The van der Waals surface area contributed by atoms with E-state index in [0.717, 1.165) is 28.0 Å². The quantitative estimate of drug-likeness (QED) is 0.229. The second-order valence-electron chi connectivity index (χ2n) is 8.53. The number of hydrogen-bond donors (Lipinski definition) is 1. The number of rotatable bonds is 5. The Balaban J connectivity index is 1.94.